The smallest absolute Gasteiger partial charge is 0.304 e. The van der Waals surface area contributed by atoms with E-state index in [4.69, 9.17) is 9.57 Å². The van der Waals surface area contributed by atoms with Crippen LogP contribution in [0.1, 0.15) is 45.6 Å². The van der Waals surface area contributed by atoms with Crippen molar-refractivity contribution in [1.82, 2.24) is 0 Å². The number of hydrogen-bond acceptors (Lipinski definition) is 4. The van der Waals surface area contributed by atoms with Crippen LogP contribution >= 0.6 is 0 Å². The molecule has 1 rings (SSSR count). The summed E-state index contributed by atoms with van der Waals surface area (Å²) in [6.07, 6.45) is 2.80. The van der Waals surface area contributed by atoms with Gasteiger partial charge in [0.15, 0.2) is 0 Å². The standard InChI is InChI=1S/C18H23NO3/c1-5-6-7-11-14-18(22-16(3)20,15(2)19-21-4)17-12-9-8-10-13-17/h8-10,12-13H,5-7H2,1-4H3/b19-15+. The highest BCUT2D eigenvalue weighted by atomic mass is 16.6. The molecule has 0 spiro atoms. The Labute approximate surface area is 132 Å². The van der Waals surface area contributed by atoms with Gasteiger partial charge in [0.1, 0.15) is 12.8 Å². The number of unbranched alkanes of at least 4 members (excludes halogenated alkanes) is 2. The van der Waals surface area contributed by atoms with Gasteiger partial charge in [-0.05, 0) is 19.3 Å². The number of hydrogen-bond donors (Lipinski definition) is 0. The van der Waals surface area contributed by atoms with Crippen LogP contribution < -0.4 is 0 Å². The molecule has 0 saturated heterocycles. The van der Waals surface area contributed by atoms with Gasteiger partial charge in [-0.1, -0.05) is 54.8 Å². The summed E-state index contributed by atoms with van der Waals surface area (Å²) in [4.78, 5) is 16.5. The molecule has 1 aromatic carbocycles. The molecule has 0 heterocycles. The Bertz CT molecular complexity index is 569. The molecule has 0 amide bonds. The van der Waals surface area contributed by atoms with Crippen molar-refractivity contribution >= 4 is 11.7 Å². The maximum atomic E-state index is 11.6. The number of benzene rings is 1. The summed E-state index contributed by atoms with van der Waals surface area (Å²) < 4.78 is 5.60. The third kappa shape index (κ3) is 4.63. The van der Waals surface area contributed by atoms with E-state index < -0.39 is 11.6 Å². The number of oxime groups is 1. The van der Waals surface area contributed by atoms with Gasteiger partial charge in [0.05, 0.1) is 0 Å². The largest absolute Gasteiger partial charge is 0.436 e. The maximum Gasteiger partial charge on any atom is 0.304 e. The van der Waals surface area contributed by atoms with Crippen molar-refractivity contribution in [3.8, 4) is 11.8 Å². The first-order chi connectivity index (χ1) is 10.6. The molecule has 4 heteroatoms. The molecule has 22 heavy (non-hydrogen) atoms. The molecule has 0 aliphatic carbocycles. The van der Waals surface area contributed by atoms with E-state index in [9.17, 15) is 4.79 Å². The fourth-order valence-corrected chi connectivity index (χ4v) is 2.07. The predicted molar refractivity (Wildman–Crippen MR) is 87.3 cm³/mol. The fourth-order valence-electron chi connectivity index (χ4n) is 2.07. The second-order valence-corrected chi connectivity index (χ2v) is 4.91. The zero-order valence-electron chi connectivity index (χ0n) is 13.7. The maximum absolute atomic E-state index is 11.6. The SMILES string of the molecule is CCCCC#CC(OC(C)=O)(/C(C)=N/OC)c1ccccc1. The number of carbonyl (C=O) groups excluding carboxylic acids is 1. The van der Waals surface area contributed by atoms with Crippen LogP contribution in [0.3, 0.4) is 0 Å². The van der Waals surface area contributed by atoms with Gasteiger partial charge in [0.2, 0.25) is 5.60 Å². The molecule has 0 fully saturated rings. The summed E-state index contributed by atoms with van der Waals surface area (Å²) in [6.45, 7) is 5.22. The van der Waals surface area contributed by atoms with Crippen molar-refractivity contribution in [2.45, 2.75) is 45.6 Å². The van der Waals surface area contributed by atoms with Gasteiger partial charge in [-0.2, -0.15) is 0 Å². The number of carbonyl (C=O) groups is 1. The molecule has 1 aromatic rings. The minimum atomic E-state index is -1.21. The zero-order valence-corrected chi connectivity index (χ0v) is 13.7. The van der Waals surface area contributed by atoms with E-state index in [1.807, 2.05) is 30.3 Å². The molecule has 0 N–H and O–H groups in total. The lowest BCUT2D eigenvalue weighted by Crippen LogP contribution is -2.37. The highest BCUT2D eigenvalue weighted by Crippen LogP contribution is 2.28. The van der Waals surface area contributed by atoms with Crippen molar-refractivity contribution in [3.63, 3.8) is 0 Å². The van der Waals surface area contributed by atoms with Crippen LogP contribution in [-0.2, 0) is 20.0 Å². The first-order valence-electron chi connectivity index (χ1n) is 7.40. The van der Waals surface area contributed by atoms with Gasteiger partial charge in [0, 0.05) is 18.9 Å². The molecule has 0 aromatic heterocycles. The average Bonchev–Trinajstić information content (AvgIpc) is 2.51. The molecule has 1 atom stereocenters. The Balaban J connectivity index is 3.38. The average molecular weight is 301 g/mol. The second kappa shape index (κ2) is 8.89. The van der Waals surface area contributed by atoms with Crippen molar-refractivity contribution in [2.24, 2.45) is 5.16 Å². The molecule has 0 saturated carbocycles. The highest BCUT2D eigenvalue weighted by molar-refractivity contribution is 5.96. The first-order valence-corrected chi connectivity index (χ1v) is 7.40. The summed E-state index contributed by atoms with van der Waals surface area (Å²) in [5, 5.41) is 3.96. The van der Waals surface area contributed by atoms with E-state index in [0.717, 1.165) is 24.8 Å². The number of nitrogens with zero attached hydrogens (tertiary/aromatic N) is 1. The Morgan fingerprint density at radius 1 is 1.27 bits per heavy atom. The van der Waals surface area contributed by atoms with E-state index in [1.54, 1.807) is 6.92 Å². The minimum absolute atomic E-state index is 0.417. The highest BCUT2D eigenvalue weighted by Gasteiger charge is 2.38. The second-order valence-electron chi connectivity index (χ2n) is 4.91. The van der Waals surface area contributed by atoms with Gasteiger partial charge >= 0.3 is 5.97 Å². The van der Waals surface area contributed by atoms with E-state index >= 15 is 0 Å². The van der Waals surface area contributed by atoms with Gasteiger partial charge < -0.3 is 9.57 Å². The molecule has 0 bridgehead atoms. The molecular weight excluding hydrogens is 278 g/mol. The van der Waals surface area contributed by atoms with Crippen LogP contribution in [0.2, 0.25) is 0 Å². The van der Waals surface area contributed by atoms with Gasteiger partial charge in [-0.15, -0.1) is 0 Å². The Morgan fingerprint density at radius 3 is 2.50 bits per heavy atom. The van der Waals surface area contributed by atoms with Gasteiger partial charge in [0.25, 0.3) is 0 Å². The van der Waals surface area contributed by atoms with Gasteiger partial charge in [-0.25, -0.2) is 0 Å². The first kappa shape index (κ1) is 17.8. The number of ether oxygens (including phenoxy) is 1. The number of rotatable bonds is 6. The van der Waals surface area contributed by atoms with Crippen molar-refractivity contribution in [2.75, 3.05) is 7.11 Å². The molecule has 0 radical (unpaired) electrons. The van der Waals surface area contributed by atoms with Crippen LogP contribution in [0, 0.1) is 11.8 Å². The van der Waals surface area contributed by atoms with E-state index in [1.165, 1.54) is 14.0 Å². The fraction of sp³-hybridized carbons (Fsp3) is 0.444. The Morgan fingerprint density at radius 2 is 1.95 bits per heavy atom. The van der Waals surface area contributed by atoms with Crippen LogP contribution in [0.5, 0.6) is 0 Å². The van der Waals surface area contributed by atoms with Crippen LogP contribution in [0.25, 0.3) is 0 Å². The van der Waals surface area contributed by atoms with Crippen LogP contribution in [0.15, 0.2) is 35.5 Å². The molecular formula is C18H23NO3. The molecule has 118 valence electrons. The summed E-state index contributed by atoms with van der Waals surface area (Å²) in [7, 11) is 1.46. The van der Waals surface area contributed by atoms with E-state index in [2.05, 4.69) is 23.9 Å². The minimum Gasteiger partial charge on any atom is -0.436 e. The molecule has 4 nitrogen and oxygen atoms in total. The van der Waals surface area contributed by atoms with Crippen LogP contribution in [0.4, 0.5) is 0 Å². The quantitative estimate of drug-likeness (QED) is 0.265. The molecule has 0 aliphatic rings. The van der Waals surface area contributed by atoms with E-state index in [0.29, 0.717) is 5.71 Å². The number of esters is 1. The third-order valence-corrected chi connectivity index (χ3v) is 3.13. The summed E-state index contributed by atoms with van der Waals surface area (Å²) in [6, 6.07) is 9.39. The van der Waals surface area contributed by atoms with E-state index in [-0.39, 0.29) is 0 Å². The molecule has 0 aliphatic heterocycles. The monoisotopic (exact) mass is 301 g/mol. The van der Waals surface area contributed by atoms with Crippen LogP contribution in [-0.4, -0.2) is 18.8 Å². The summed E-state index contributed by atoms with van der Waals surface area (Å²) >= 11 is 0. The Kier molecular flexibility index (Phi) is 7.18. The lowest BCUT2D eigenvalue weighted by molar-refractivity contribution is -0.147. The van der Waals surface area contributed by atoms with Gasteiger partial charge in [-0.3, -0.25) is 4.79 Å². The third-order valence-electron chi connectivity index (χ3n) is 3.13. The lowest BCUT2D eigenvalue weighted by Gasteiger charge is -2.28. The summed E-state index contributed by atoms with van der Waals surface area (Å²) in [5.74, 6) is 5.79. The molecule has 1 unspecified atom stereocenters. The lowest BCUT2D eigenvalue weighted by atomic mass is 9.89. The van der Waals surface area contributed by atoms with Crippen molar-refractivity contribution in [1.29, 1.82) is 0 Å². The Hall–Kier alpha value is -2.28. The topological polar surface area (TPSA) is 47.9 Å². The normalized spacial score (nSPS) is 13.5. The zero-order chi connectivity index (χ0) is 16.4. The predicted octanol–water partition coefficient (Wildman–Crippen LogP) is 3.66. The van der Waals surface area contributed by atoms with Crippen molar-refractivity contribution < 1.29 is 14.4 Å². The summed E-state index contributed by atoms with van der Waals surface area (Å²) in [5.41, 5.74) is 0.0320. The van der Waals surface area contributed by atoms with Crippen molar-refractivity contribution in [3.05, 3.63) is 35.9 Å².